The van der Waals surface area contributed by atoms with Crippen molar-refractivity contribution in [2.45, 2.75) is 58.4 Å². The predicted octanol–water partition coefficient (Wildman–Crippen LogP) is 4.94. The Labute approximate surface area is 202 Å². The van der Waals surface area contributed by atoms with Gasteiger partial charge in [-0.1, -0.05) is 23.7 Å². The van der Waals surface area contributed by atoms with Gasteiger partial charge in [-0.25, -0.2) is 8.42 Å². The third-order valence-corrected chi connectivity index (χ3v) is 8.56. The molecule has 2 aromatic rings. The first-order valence-electron chi connectivity index (χ1n) is 11.3. The molecule has 1 saturated heterocycles. The SMILES string of the molecule is CCOc1ccc(S(=O)(=O)N2CCC(C(=O)NC(C)c3cc(C)c(C)cc3C)CC2)cc1Cl. The van der Waals surface area contributed by atoms with Gasteiger partial charge >= 0.3 is 0 Å². The van der Waals surface area contributed by atoms with Crippen molar-refractivity contribution in [3.05, 3.63) is 57.6 Å². The van der Waals surface area contributed by atoms with Crippen molar-refractivity contribution in [1.82, 2.24) is 9.62 Å². The summed E-state index contributed by atoms with van der Waals surface area (Å²) in [7, 11) is -3.68. The predicted molar refractivity (Wildman–Crippen MR) is 131 cm³/mol. The van der Waals surface area contributed by atoms with Crippen LogP contribution in [0.2, 0.25) is 5.02 Å². The quantitative estimate of drug-likeness (QED) is 0.593. The summed E-state index contributed by atoms with van der Waals surface area (Å²) in [5.74, 6) is 0.220. The summed E-state index contributed by atoms with van der Waals surface area (Å²) in [5, 5.41) is 3.39. The highest BCUT2D eigenvalue weighted by Crippen LogP contribution is 2.31. The van der Waals surface area contributed by atoms with Gasteiger partial charge in [0.15, 0.2) is 0 Å². The lowest BCUT2D eigenvalue weighted by Crippen LogP contribution is -2.43. The molecule has 0 aromatic heterocycles. The van der Waals surface area contributed by atoms with Crippen LogP contribution in [0.1, 0.15) is 55.0 Å². The first-order valence-corrected chi connectivity index (χ1v) is 13.2. The van der Waals surface area contributed by atoms with Crippen LogP contribution in [0.5, 0.6) is 5.75 Å². The number of carbonyl (C=O) groups is 1. The number of hydrogen-bond acceptors (Lipinski definition) is 4. The Morgan fingerprint density at radius 3 is 2.36 bits per heavy atom. The molecule has 1 atom stereocenters. The zero-order valence-corrected chi connectivity index (χ0v) is 21.5. The van der Waals surface area contributed by atoms with Crippen molar-refractivity contribution in [2.75, 3.05) is 19.7 Å². The molecule has 0 aliphatic carbocycles. The van der Waals surface area contributed by atoms with Crippen molar-refractivity contribution in [1.29, 1.82) is 0 Å². The van der Waals surface area contributed by atoms with E-state index in [1.54, 1.807) is 6.07 Å². The first kappa shape index (κ1) is 25.5. The zero-order chi connectivity index (χ0) is 24.3. The molecule has 0 saturated carbocycles. The minimum Gasteiger partial charge on any atom is -0.492 e. The smallest absolute Gasteiger partial charge is 0.243 e. The molecule has 33 heavy (non-hydrogen) atoms. The van der Waals surface area contributed by atoms with Crippen LogP contribution < -0.4 is 10.1 Å². The van der Waals surface area contributed by atoms with E-state index in [0.29, 0.717) is 38.3 Å². The molecule has 1 aliphatic heterocycles. The Balaban J connectivity index is 1.62. The number of amides is 1. The van der Waals surface area contributed by atoms with E-state index in [4.69, 9.17) is 16.3 Å². The Bertz CT molecular complexity index is 1130. The lowest BCUT2D eigenvalue weighted by molar-refractivity contribution is -0.126. The van der Waals surface area contributed by atoms with E-state index in [9.17, 15) is 13.2 Å². The Hall–Kier alpha value is -2.09. The average molecular weight is 493 g/mol. The second-order valence-electron chi connectivity index (χ2n) is 8.73. The number of rotatable bonds is 7. The molecule has 1 aliphatic rings. The summed E-state index contributed by atoms with van der Waals surface area (Å²) < 4.78 is 33.0. The average Bonchev–Trinajstić information content (AvgIpc) is 2.77. The van der Waals surface area contributed by atoms with Crippen molar-refractivity contribution in [2.24, 2.45) is 5.92 Å². The normalized spacial score (nSPS) is 16.4. The molecule has 8 heteroatoms. The Morgan fingerprint density at radius 2 is 1.76 bits per heavy atom. The molecule has 0 spiro atoms. The van der Waals surface area contributed by atoms with Gasteiger partial charge in [-0.05, 0) is 87.9 Å². The molecule has 1 heterocycles. The summed E-state index contributed by atoms with van der Waals surface area (Å²) in [6.07, 6.45) is 0.961. The molecular weight excluding hydrogens is 460 g/mol. The summed E-state index contributed by atoms with van der Waals surface area (Å²) in [6, 6.07) is 8.68. The van der Waals surface area contributed by atoms with E-state index >= 15 is 0 Å². The van der Waals surface area contributed by atoms with Gasteiger partial charge in [0.25, 0.3) is 0 Å². The van der Waals surface area contributed by atoms with Crippen LogP contribution in [0.4, 0.5) is 0 Å². The molecule has 2 aromatic carbocycles. The van der Waals surface area contributed by atoms with Crippen molar-refractivity contribution >= 4 is 27.5 Å². The number of sulfonamides is 1. The van der Waals surface area contributed by atoms with Crippen LogP contribution in [0.3, 0.4) is 0 Å². The van der Waals surface area contributed by atoms with E-state index in [0.717, 1.165) is 11.1 Å². The van der Waals surface area contributed by atoms with Gasteiger partial charge in [0.1, 0.15) is 5.75 Å². The minimum atomic E-state index is -3.68. The summed E-state index contributed by atoms with van der Waals surface area (Å²) in [4.78, 5) is 13.0. The highest BCUT2D eigenvalue weighted by atomic mass is 35.5. The number of nitrogens with zero attached hydrogens (tertiary/aromatic N) is 1. The van der Waals surface area contributed by atoms with E-state index in [1.165, 1.54) is 27.6 Å². The number of ether oxygens (including phenoxy) is 1. The minimum absolute atomic E-state index is 0.0266. The van der Waals surface area contributed by atoms with E-state index < -0.39 is 10.0 Å². The number of aryl methyl sites for hydroxylation is 3. The Morgan fingerprint density at radius 1 is 1.12 bits per heavy atom. The Kier molecular flexibility index (Phi) is 8.08. The number of piperidine rings is 1. The zero-order valence-electron chi connectivity index (χ0n) is 19.9. The van der Waals surface area contributed by atoms with Gasteiger partial charge in [0.2, 0.25) is 15.9 Å². The molecule has 1 N–H and O–H groups in total. The van der Waals surface area contributed by atoms with Gasteiger partial charge in [-0.15, -0.1) is 0 Å². The van der Waals surface area contributed by atoms with Gasteiger partial charge in [0, 0.05) is 19.0 Å². The maximum atomic E-state index is 13.1. The third kappa shape index (κ3) is 5.70. The van der Waals surface area contributed by atoms with Gasteiger partial charge in [-0.3, -0.25) is 4.79 Å². The van der Waals surface area contributed by atoms with E-state index in [2.05, 4.69) is 38.2 Å². The number of carbonyl (C=O) groups excluding carboxylic acids is 1. The fraction of sp³-hybridized carbons (Fsp3) is 0.480. The fourth-order valence-electron chi connectivity index (χ4n) is 4.28. The fourth-order valence-corrected chi connectivity index (χ4v) is 6.08. The number of halogens is 1. The molecule has 180 valence electrons. The van der Waals surface area contributed by atoms with Crippen LogP contribution >= 0.6 is 11.6 Å². The second kappa shape index (κ2) is 10.5. The van der Waals surface area contributed by atoms with E-state index in [-0.39, 0.29) is 27.8 Å². The van der Waals surface area contributed by atoms with Gasteiger partial charge in [-0.2, -0.15) is 4.31 Å². The molecule has 6 nitrogen and oxygen atoms in total. The molecular formula is C25H33ClN2O4S. The van der Waals surface area contributed by atoms with Crippen molar-refractivity contribution < 1.29 is 17.9 Å². The molecule has 3 rings (SSSR count). The van der Waals surface area contributed by atoms with Crippen LogP contribution in [0.15, 0.2) is 35.2 Å². The van der Waals surface area contributed by atoms with E-state index in [1.807, 2.05) is 13.8 Å². The summed E-state index contributed by atoms with van der Waals surface area (Å²) >= 11 is 6.19. The maximum Gasteiger partial charge on any atom is 0.243 e. The number of nitrogens with one attached hydrogen (secondary N) is 1. The van der Waals surface area contributed by atoms with Crippen LogP contribution in [-0.2, 0) is 14.8 Å². The summed E-state index contributed by atoms with van der Waals surface area (Å²) in [6.45, 7) is 11.1. The molecule has 1 fully saturated rings. The van der Waals surface area contributed by atoms with Crippen LogP contribution in [0, 0.1) is 26.7 Å². The second-order valence-corrected chi connectivity index (χ2v) is 11.1. The maximum absolute atomic E-state index is 13.1. The third-order valence-electron chi connectivity index (χ3n) is 6.37. The standard InChI is InChI=1S/C25H33ClN2O4S/c1-6-32-24-8-7-21(15-23(24)26)33(30,31)28-11-9-20(10-12-28)25(29)27-19(5)22-14-17(3)16(2)13-18(22)4/h7-8,13-15,19-20H,6,9-12H2,1-5H3,(H,27,29). The lowest BCUT2D eigenvalue weighted by Gasteiger charge is -2.31. The van der Waals surface area contributed by atoms with Gasteiger partial charge in [0.05, 0.1) is 22.6 Å². The van der Waals surface area contributed by atoms with Gasteiger partial charge < -0.3 is 10.1 Å². The first-order chi connectivity index (χ1) is 15.5. The topological polar surface area (TPSA) is 75.7 Å². The highest BCUT2D eigenvalue weighted by Gasteiger charge is 2.33. The number of hydrogen-bond donors (Lipinski definition) is 1. The monoisotopic (exact) mass is 492 g/mol. The molecule has 0 radical (unpaired) electrons. The summed E-state index contributed by atoms with van der Waals surface area (Å²) in [5.41, 5.74) is 4.70. The molecule has 1 amide bonds. The molecule has 1 unspecified atom stereocenters. The largest absolute Gasteiger partial charge is 0.492 e. The highest BCUT2D eigenvalue weighted by molar-refractivity contribution is 7.89. The van der Waals surface area contributed by atoms with Crippen molar-refractivity contribution in [3.8, 4) is 5.75 Å². The van der Waals surface area contributed by atoms with Crippen molar-refractivity contribution in [3.63, 3.8) is 0 Å². The lowest BCUT2D eigenvalue weighted by atomic mass is 9.94. The van der Waals surface area contributed by atoms with Crippen LogP contribution in [0.25, 0.3) is 0 Å². The molecule has 0 bridgehead atoms. The van der Waals surface area contributed by atoms with Crippen LogP contribution in [-0.4, -0.2) is 38.3 Å². The number of benzene rings is 2.